The van der Waals surface area contributed by atoms with Gasteiger partial charge in [0, 0.05) is 29.8 Å². The number of amides is 2. The number of nitrogens with zero attached hydrogens (tertiary/aromatic N) is 1. The number of hydrogen-bond acceptors (Lipinski definition) is 4. The van der Waals surface area contributed by atoms with E-state index in [1.54, 1.807) is 18.1 Å². The van der Waals surface area contributed by atoms with Crippen molar-refractivity contribution in [1.29, 1.82) is 0 Å². The summed E-state index contributed by atoms with van der Waals surface area (Å²) in [4.78, 5) is 26.3. The Bertz CT molecular complexity index is 1010. The summed E-state index contributed by atoms with van der Waals surface area (Å²) in [7, 11) is 1.57. The molecule has 3 aromatic rings. The fourth-order valence-corrected chi connectivity index (χ4v) is 3.59. The molecule has 1 N–H and O–H groups in total. The largest absolute Gasteiger partial charge is 0.495 e. The molecule has 1 aliphatic heterocycles. The molecule has 1 aromatic heterocycles. The van der Waals surface area contributed by atoms with E-state index in [1.807, 2.05) is 30.3 Å². The molecule has 2 aromatic carbocycles. The summed E-state index contributed by atoms with van der Waals surface area (Å²) in [5.41, 5.74) is 2.00. The number of methoxy groups -OCH3 is 1. The van der Waals surface area contributed by atoms with Crippen molar-refractivity contribution in [3.63, 3.8) is 0 Å². The smallest absolute Gasteiger partial charge is 0.244 e. The van der Waals surface area contributed by atoms with E-state index in [-0.39, 0.29) is 18.4 Å². The van der Waals surface area contributed by atoms with E-state index in [9.17, 15) is 9.59 Å². The molecule has 1 saturated heterocycles. The van der Waals surface area contributed by atoms with Gasteiger partial charge in [0.15, 0.2) is 0 Å². The Hall–Kier alpha value is -3.02. The van der Waals surface area contributed by atoms with Crippen molar-refractivity contribution in [2.24, 2.45) is 0 Å². The van der Waals surface area contributed by atoms with Gasteiger partial charge < -0.3 is 19.4 Å². The highest BCUT2D eigenvalue weighted by atomic mass is 16.5. The Labute approximate surface area is 157 Å². The molecule has 6 nitrogen and oxygen atoms in total. The van der Waals surface area contributed by atoms with Crippen LogP contribution in [0, 0.1) is 0 Å². The van der Waals surface area contributed by atoms with E-state index < -0.39 is 0 Å². The van der Waals surface area contributed by atoms with Crippen LogP contribution in [0.15, 0.2) is 40.8 Å². The highest BCUT2D eigenvalue weighted by Crippen LogP contribution is 2.36. The van der Waals surface area contributed by atoms with Gasteiger partial charge in [-0.25, -0.2) is 0 Å². The van der Waals surface area contributed by atoms with Crippen molar-refractivity contribution in [2.75, 3.05) is 25.5 Å². The zero-order valence-corrected chi connectivity index (χ0v) is 15.3. The second-order valence-corrected chi connectivity index (χ2v) is 6.82. The van der Waals surface area contributed by atoms with E-state index >= 15 is 0 Å². The predicted octanol–water partition coefficient (Wildman–Crippen LogP) is 3.94. The topological polar surface area (TPSA) is 71.8 Å². The maximum atomic E-state index is 12.5. The van der Waals surface area contributed by atoms with Gasteiger partial charge in [0.2, 0.25) is 11.8 Å². The zero-order chi connectivity index (χ0) is 18.8. The van der Waals surface area contributed by atoms with Gasteiger partial charge in [-0.2, -0.15) is 0 Å². The van der Waals surface area contributed by atoms with E-state index in [0.717, 1.165) is 35.6 Å². The molecule has 27 heavy (non-hydrogen) atoms. The number of hydrogen-bond donors (Lipinski definition) is 1. The number of likely N-dealkylation sites (tertiary alicyclic amines) is 1. The van der Waals surface area contributed by atoms with Gasteiger partial charge in [-0.15, -0.1) is 0 Å². The highest BCUT2D eigenvalue weighted by Gasteiger charge is 2.20. The van der Waals surface area contributed by atoms with Crippen LogP contribution < -0.4 is 10.1 Å². The van der Waals surface area contributed by atoms with Crippen molar-refractivity contribution in [3.8, 4) is 5.75 Å². The molecule has 0 atom stereocenters. The molecule has 0 saturated carbocycles. The minimum Gasteiger partial charge on any atom is -0.495 e. The molecule has 0 unspecified atom stereocenters. The van der Waals surface area contributed by atoms with Crippen LogP contribution in [0.25, 0.3) is 21.9 Å². The van der Waals surface area contributed by atoms with Crippen LogP contribution in [-0.2, 0) is 9.59 Å². The Morgan fingerprint density at radius 2 is 2.00 bits per heavy atom. The maximum absolute atomic E-state index is 12.5. The zero-order valence-electron chi connectivity index (χ0n) is 15.3. The van der Waals surface area contributed by atoms with Crippen molar-refractivity contribution in [1.82, 2.24) is 4.90 Å². The van der Waals surface area contributed by atoms with Crippen LogP contribution in [0.3, 0.4) is 0 Å². The normalized spacial score (nSPS) is 15.1. The summed E-state index contributed by atoms with van der Waals surface area (Å²) in [5.74, 6) is 0.367. The molecule has 6 heteroatoms. The second-order valence-electron chi connectivity index (χ2n) is 6.82. The van der Waals surface area contributed by atoms with E-state index in [2.05, 4.69) is 5.32 Å². The first-order chi connectivity index (χ1) is 13.2. The fraction of sp³-hybridized carbons (Fsp3) is 0.333. The molecular formula is C21H22N2O4. The molecule has 2 heterocycles. The molecule has 4 rings (SSSR count). The van der Waals surface area contributed by atoms with Gasteiger partial charge in [0.05, 0.1) is 19.3 Å². The molecule has 0 aliphatic carbocycles. The number of nitrogens with one attached hydrogen (secondary N) is 1. The fourth-order valence-electron chi connectivity index (χ4n) is 3.59. The number of carbonyl (C=O) groups is 2. The van der Waals surface area contributed by atoms with Crippen LogP contribution in [0.4, 0.5) is 5.69 Å². The Morgan fingerprint density at radius 1 is 1.15 bits per heavy atom. The molecule has 2 amide bonds. The van der Waals surface area contributed by atoms with Crippen LogP contribution in [0.2, 0.25) is 0 Å². The number of benzene rings is 2. The molecule has 0 spiro atoms. The van der Waals surface area contributed by atoms with Gasteiger partial charge in [0.1, 0.15) is 16.9 Å². The third-order valence-electron chi connectivity index (χ3n) is 4.98. The Morgan fingerprint density at radius 3 is 2.85 bits per heavy atom. The van der Waals surface area contributed by atoms with Crippen LogP contribution in [-0.4, -0.2) is 36.9 Å². The number of ether oxygens (including phenoxy) is 1. The molecule has 1 fully saturated rings. The second kappa shape index (κ2) is 7.31. The summed E-state index contributed by atoms with van der Waals surface area (Å²) in [5, 5.41) is 4.80. The SMILES string of the molecule is COc1cc2c(cc1NC(=O)CN1CCCCCC1=O)oc1ccccc12. The minimum atomic E-state index is -0.237. The third kappa shape index (κ3) is 3.47. The first-order valence-electron chi connectivity index (χ1n) is 9.22. The van der Waals surface area contributed by atoms with Crippen molar-refractivity contribution < 1.29 is 18.7 Å². The first-order valence-corrected chi connectivity index (χ1v) is 9.22. The van der Waals surface area contributed by atoms with Gasteiger partial charge in [-0.05, 0) is 25.0 Å². The van der Waals surface area contributed by atoms with Crippen molar-refractivity contribution in [2.45, 2.75) is 25.7 Å². The lowest BCUT2D eigenvalue weighted by atomic mass is 10.1. The number of para-hydroxylation sites is 1. The summed E-state index contributed by atoms with van der Waals surface area (Å²) in [6, 6.07) is 11.4. The monoisotopic (exact) mass is 366 g/mol. The molecule has 1 aliphatic rings. The summed E-state index contributed by atoms with van der Waals surface area (Å²) in [6.45, 7) is 0.687. The van der Waals surface area contributed by atoms with Crippen molar-refractivity contribution in [3.05, 3.63) is 36.4 Å². The molecule has 0 bridgehead atoms. The Balaban J connectivity index is 1.59. The number of rotatable bonds is 4. The first kappa shape index (κ1) is 17.4. The average Bonchev–Trinajstić information content (AvgIpc) is 2.90. The predicted molar refractivity (Wildman–Crippen MR) is 104 cm³/mol. The highest BCUT2D eigenvalue weighted by molar-refractivity contribution is 6.08. The van der Waals surface area contributed by atoms with Gasteiger partial charge in [-0.3, -0.25) is 9.59 Å². The third-order valence-corrected chi connectivity index (χ3v) is 4.98. The van der Waals surface area contributed by atoms with Gasteiger partial charge >= 0.3 is 0 Å². The summed E-state index contributed by atoms with van der Waals surface area (Å²) in [6.07, 6.45) is 3.38. The van der Waals surface area contributed by atoms with Crippen LogP contribution in [0.1, 0.15) is 25.7 Å². The quantitative estimate of drug-likeness (QED) is 0.759. The Kier molecular flexibility index (Phi) is 4.71. The number of anilines is 1. The number of carbonyl (C=O) groups excluding carboxylic acids is 2. The van der Waals surface area contributed by atoms with E-state index in [4.69, 9.17) is 9.15 Å². The maximum Gasteiger partial charge on any atom is 0.244 e. The minimum absolute atomic E-state index is 0.0438. The lowest BCUT2D eigenvalue weighted by molar-refractivity contribution is -0.134. The summed E-state index contributed by atoms with van der Waals surface area (Å²) < 4.78 is 11.4. The van der Waals surface area contributed by atoms with Crippen molar-refractivity contribution >= 4 is 39.4 Å². The average molecular weight is 366 g/mol. The number of furan rings is 1. The molecule has 0 radical (unpaired) electrons. The van der Waals surface area contributed by atoms with Gasteiger partial charge in [0.25, 0.3) is 0 Å². The standard InChI is InChI=1S/C21H22N2O4/c1-26-19-11-15-14-7-4-5-8-17(14)27-18(15)12-16(19)22-20(24)13-23-10-6-2-3-9-21(23)25/h4-5,7-8,11-12H,2-3,6,9-10,13H2,1H3,(H,22,24). The van der Waals surface area contributed by atoms with Crippen LogP contribution in [0.5, 0.6) is 5.75 Å². The van der Waals surface area contributed by atoms with E-state index in [1.165, 1.54) is 0 Å². The lowest BCUT2D eigenvalue weighted by Crippen LogP contribution is -2.37. The lowest BCUT2D eigenvalue weighted by Gasteiger charge is -2.20. The molecule has 140 valence electrons. The molecular weight excluding hydrogens is 344 g/mol. The van der Waals surface area contributed by atoms with Gasteiger partial charge in [-0.1, -0.05) is 24.6 Å². The number of fused-ring (bicyclic) bond motifs is 3. The summed E-state index contributed by atoms with van der Waals surface area (Å²) >= 11 is 0. The van der Waals surface area contributed by atoms with Crippen LogP contribution >= 0.6 is 0 Å². The van der Waals surface area contributed by atoms with E-state index in [0.29, 0.717) is 30.0 Å².